The van der Waals surface area contributed by atoms with Crippen molar-refractivity contribution in [2.24, 2.45) is 16.5 Å². The van der Waals surface area contributed by atoms with Crippen molar-refractivity contribution in [2.45, 2.75) is 36.2 Å². The van der Waals surface area contributed by atoms with Crippen LogP contribution >= 0.6 is 0 Å². The van der Waals surface area contributed by atoms with Crippen LogP contribution in [0, 0.1) is 0 Å². The SMILES string of the molecule is NC(N)=NCCC[C@H](NC(=O)CN(CC[S-])CC[S-])C(=O)NCC(=O)N[C@@H](CC(=O)O)C(=O)Nc1cccc([S-])c1.[O]=[99Tc+3]. The first-order chi connectivity index (χ1) is 20.4. The second kappa shape index (κ2) is 23.6. The minimum absolute atomic E-state index is 0.0220. The van der Waals surface area contributed by atoms with Gasteiger partial charge in [-0.15, -0.1) is 0 Å². The summed E-state index contributed by atoms with van der Waals surface area (Å²) in [7, 11) is 0. The molecule has 1 aromatic carbocycles. The number of carbonyl (C=O) groups excluding carboxylic acids is 4. The minimum atomic E-state index is -1.43. The summed E-state index contributed by atoms with van der Waals surface area (Å²) in [5.74, 6) is -3.33. The topological polar surface area (TPSA) is 238 Å². The second-order valence-corrected chi connectivity index (χ2v) is 9.99. The molecule has 4 amide bonds. The molecule has 0 aliphatic rings. The zero-order valence-electron chi connectivity index (χ0n) is 23.1. The van der Waals surface area contributed by atoms with Gasteiger partial charge in [0.2, 0.25) is 23.6 Å². The average molecular weight is 743 g/mol. The molecule has 15 nitrogen and oxygen atoms in total. The van der Waals surface area contributed by atoms with Gasteiger partial charge in [0.25, 0.3) is 0 Å². The molecule has 0 aliphatic heterocycles. The van der Waals surface area contributed by atoms with Gasteiger partial charge < -0.3 is 75.7 Å². The number of amides is 4. The molecule has 1 aromatic rings. The number of aliphatic imine (C=N–C) groups is 1. The number of carbonyl (C=O) groups is 5. The van der Waals surface area contributed by atoms with Crippen LogP contribution in [-0.4, -0.2) is 102 Å². The molecule has 0 aromatic heterocycles. The number of nitrogens with one attached hydrogen (secondary N) is 4. The number of aliphatic carboxylic acids is 1. The molecule has 1 rings (SSSR count). The average Bonchev–Trinajstić information content (AvgIpc) is 2.94. The molecule has 238 valence electrons. The van der Waals surface area contributed by atoms with Gasteiger partial charge in [-0.2, -0.15) is 16.4 Å². The quantitative estimate of drug-likeness (QED) is 0.0334. The van der Waals surface area contributed by atoms with E-state index < -0.39 is 54.6 Å². The Morgan fingerprint density at radius 2 is 1.60 bits per heavy atom. The summed E-state index contributed by atoms with van der Waals surface area (Å²) in [5.41, 5.74) is 11.0. The maximum atomic E-state index is 12.9. The van der Waals surface area contributed by atoms with Gasteiger partial charge >= 0.3 is 28.3 Å². The monoisotopic (exact) mass is 742 g/mol. The predicted molar refractivity (Wildman–Crippen MR) is 161 cm³/mol. The van der Waals surface area contributed by atoms with Gasteiger partial charge in [0.1, 0.15) is 12.1 Å². The molecule has 19 heteroatoms. The summed E-state index contributed by atoms with van der Waals surface area (Å²) in [4.78, 5) is 68.1. The van der Waals surface area contributed by atoms with Crippen LogP contribution in [0.4, 0.5) is 5.69 Å². The van der Waals surface area contributed by atoms with Crippen LogP contribution in [0.1, 0.15) is 19.3 Å². The Hall–Kier alpha value is -2.83. The van der Waals surface area contributed by atoms with Gasteiger partial charge in [0.15, 0.2) is 5.96 Å². The molecule has 0 bridgehead atoms. The summed E-state index contributed by atoms with van der Waals surface area (Å²) in [5, 5.41) is 19.1. The second-order valence-electron chi connectivity index (χ2n) is 8.71. The molecule has 0 spiro atoms. The Labute approximate surface area is 276 Å². The summed E-state index contributed by atoms with van der Waals surface area (Å²) < 4.78 is 8.22. The fourth-order valence-corrected chi connectivity index (χ4v) is 4.19. The number of rotatable bonds is 19. The third-order valence-corrected chi connectivity index (χ3v) is 5.95. The number of hydrogen-bond donors (Lipinski definition) is 7. The molecule has 2 atom stereocenters. The number of benzene rings is 1. The van der Waals surface area contributed by atoms with E-state index in [-0.39, 0.29) is 25.5 Å². The predicted octanol–water partition coefficient (Wildman–Crippen LogP) is -2.58. The van der Waals surface area contributed by atoms with Crippen LogP contribution in [0.3, 0.4) is 0 Å². The number of guanidine groups is 1. The standard InChI is InChI=1S/C24H38N8O6S3.O.Tc/c25-24(26)27-6-2-5-17(30-20(34)14-32(7-9-39)8-10-40)22(37)28-13-19(33)31-18(12-21(35)36)23(38)29-15-3-1-4-16(41)11-15;;/h1,3-4,11,17-18,39-41H,2,5-10,12-14H2,(H,28,37)(H,29,38)(H,30,34)(H,31,33)(H,35,36)(H4,25,26,27);;/q;;+3/p-3/t17-,18-;;/m0../s1/i;;1+1. The third-order valence-electron chi connectivity index (χ3n) is 5.33. The first-order valence-electron chi connectivity index (χ1n) is 12.7. The Morgan fingerprint density at radius 1 is 0.977 bits per heavy atom. The Bertz CT molecular complexity index is 1090. The number of hydrogen-bond acceptors (Lipinski definition) is 11. The van der Waals surface area contributed by atoms with Crippen molar-refractivity contribution < 1.29 is 51.4 Å². The maximum absolute atomic E-state index is 12.9. The Morgan fingerprint density at radius 3 is 2.16 bits per heavy atom. The first kappa shape index (κ1) is 40.2. The Kier molecular flexibility index (Phi) is 22.1. The molecule has 0 aliphatic carbocycles. The van der Waals surface area contributed by atoms with E-state index in [2.05, 4.69) is 26.3 Å². The van der Waals surface area contributed by atoms with Crippen molar-refractivity contribution in [2.75, 3.05) is 49.5 Å². The number of nitrogens with zero attached hydrogens (tertiary/aromatic N) is 2. The normalized spacial score (nSPS) is 11.6. The molecule has 43 heavy (non-hydrogen) atoms. The van der Waals surface area contributed by atoms with E-state index in [0.717, 1.165) is 18.9 Å². The van der Waals surface area contributed by atoms with E-state index in [1.165, 1.54) is 6.07 Å². The first-order valence-corrected chi connectivity index (χ1v) is 15.0. The zero-order chi connectivity index (χ0) is 32.8. The summed E-state index contributed by atoms with van der Waals surface area (Å²) >= 11 is 15.9. The van der Waals surface area contributed by atoms with E-state index >= 15 is 0 Å². The fraction of sp³-hybridized carbons (Fsp3) is 0.500. The van der Waals surface area contributed by atoms with Crippen LogP contribution in [0.15, 0.2) is 34.2 Å². The van der Waals surface area contributed by atoms with Gasteiger partial charge in [-0.3, -0.25) is 33.9 Å². The van der Waals surface area contributed by atoms with Crippen molar-refractivity contribution in [3.8, 4) is 0 Å². The molecule has 0 saturated heterocycles. The summed E-state index contributed by atoms with van der Waals surface area (Å²) in [6.45, 7) is 0.560. The van der Waals surface area contributed by atoms with Crippen molar-refractivity contribution >= 4 is 79.1 Å². The van der Waals surface area contributed by atoms with E-state index in [4.69, 9.17) is 52.9 Å². The van der Waals surface area contributed by atoms with Crippen molar-refractivity contribution in [1.29, 1.82) is 0 Å². The van der Waals surface area contributed by atoms with Gasteiger partial charge in [-0.25, -0.2) is 0 Å². The van der Waals surface area contributed by atoms with Crippen molar-refractivity contribution in [1.82, 2.24) is 20.9 Å². The van der Waals surface area contributed by atoms with E-state index in [1.54, 1.807) is 23.1 Å². The number of carboxylic acid groups (broad SMARTS) is 1. The van der Waals surface area contributed by atoms with E-state index in [0.29, 0.717) is 41.6 Å². The van der Waals surface area contributed by atoms with Crippen LogP contribution in [0.25, 0.3) is 0 Å². The molecule has 0 fully saturated rings. The van der Waals surface area contributed by atoms with Crippen LogP contribution in [-0.2, 0) is 84.2 Å². The third kappa shape index (κ3) is 19.1. The summed E-state index contributed by atoms with van der Waals surface area (Å²) in [6, 6.07) is 3.85. The van der Waals surface area contributed by atoms with E-state index in [1.807, 2.05) is 0 Å². The van der Waals surface area contributed by atoms with E-state index in [9.17, 15) is 29.1 Å². The number of carboxylic acids is 1. The van der Waals surface area contributed by atoms with Gasteiger partial charge in [-0.1, -0.05) is 18.2 Å². The number of nitrogens with two attached hydrogens (primary N) is 2. The molecule has 0 heterocycles. The summed E-state index contributed by atoms with van der Waals surface area (Å²) in [6.07, 6.45) is -0.200. The van der Waals surface area contributed by atoms with Crippen LogP contribution in [0.5, 0.6) is 0 Å². The molecule has 0 saturated carbocycles. The molecule has 9 N–H and O–H groups in total. The van der Waals surface area contributed by atoms with Crippen LogP contribution < -0.4 is 32.7 Å². The van der Waals surface area contributed by atoms with Gasteiger partial charge in [0.05, 0.1) is 19.5 Å². The molecule has 0 unspecified atom stereocenters. The van der Waals surface area contributed by atoms with Crippen molar-refractivity contribution in [3.63, 3.8) is 0 Å². The van der Waals surface area contributed by atoms with Crippen molar-refractivity contribution in [3.05, 3.63) is 24.3 Å². The molecule has 0 radical (unpaired) electrons. The van der Waals surface area contributed by atoms with Gasteiger partial charge in [-0.05, 0) is 32.0 Å². The molecular formula is C24H35N8O7S3Tc. The number of anilines is 1. The Balaban J connectivity index is 0.00000862. The molecular weight excluding hydrogens is 707 g/mol. The zero-order valence-corrected chi connectivity index (χ0v) is 27.4. The van der Waals surface area contributed by atoms with Crippen LogP contribution in [0.2, 0.25) is 0 Å². The fourth-order valence-electron chi connectivity index (χ4n) is 3.47. The van der Waals surface area contributed by atoms with Gasteiger partial charge in [0, 0.05) is 12.2 Å².